The van der Waals surface area contributed by atoms with Gasteiger partial charge in [-0.1, -0.05) is 13.8 Å². The van der Waals surface area contributed by atoms with Crippen LogP contribution in [0.5, 0.6) is 0 Å². The molecule has 0 saturated heterocycles. The lowest BCUT2D eigenvalue weighted by atomic mass is 9.94. The molecule has 0 aliphatic carbocycles. The fourth-order valence-electron chi connectivity index (χ4n) is 1.01. The topological polar surface area (TPSA) is 70.6 Å². The molecule has 96 valence electrons. The third-order valence-electron chi connectivity index (χ3n) is 2.31. The first-order valence-corrected chi connectivity index (χ1v) is 5.54. The second kappa shape index (κ2) is 7.60. The van der Waals surface area contributed by atoms with Crippen molar-refractivity contribution in [2.24, 2.45) is 5.41 Å². The van der Waals surface area contributed by atoms with E-state index in [1.807, 2.05) is 13.8 Å². The molecule has 0 aromatic carbocycles. The highest BCUT2D eigenvalue weighted by atomic mass is 16.5. The number of aliphatic hydroxyl groups is 1. The van der Waals surface area contributed by atoms with Crippen molar-refractivity contribution in [1.82, 2.24) is 10.6 Å². The molecule has 0 aliphatic heterocycles. The second-order valence-corrected chi connectivity index (χ2v) is 4.71. The average Bonchev–Trinajstić information content (AvgIpc) is 2.26. The molecule has 5 heteroatoms. The van der Waals surface area contributed by atoms with Crippen molar-refractivity contribution < 1.29 is 14.6 Å². The van der Waals surface area contributed by atoms with Crippen LogP contribution < -0.4 is 10.6 Å². The fourth-order valence-corrected chi connectivity index (χ4v) is 1.01. The highest BCUT2D eigenvalue weighted by Crippen LogP contribution is 2.11. The standard InChI is InChI=1S/C11H24N2O3/c1-9(10(15)12-5-6-16-4)13-7-11(2,3)8-14/h9,13-14H,5-8H2,1-4H3,(H,12,15). The van der Waals surface area contributed by atoms with Gasteiger partial charge in [-0.25, -0.2) is 0 Å². The number of carbonyl (C=O) groups excluding carboxylic acids is 1. The smallest absolute Gasteiger partial charge is 0.236 e. The lowest BCUT2D eigenvalue weighted by Gasteiger charge is -2.24. The van der Waals surface area contributed by atoms with Crippen molar-refractivity contribution in [1.29, 1.82) is 0 Å². The van der Waals surface area contributed by atoms with Gasteiger partial charge in [0, 0.05) is 32.2 Å². The first-order valence-electron chi connectivity index (χ1n) is 5.54. The number of methoxy groups -OCH3 is 1. The first-order chi connectivity index (χ1) is 7.43. The van der Waals surface area contributed by atoms with E-state index >= 15 is 0 Å². The summed E-state index contributed by atoms with van der Waals surface area (Å²) in [7, 11) is 1.59. The Morgan fingerprint density at radius 3 is 2.62 bits per heavy atom. The quantitative estimate of drug-likeness (QED) is 0.505. The number of hydrogen-bond acceptors (Lipinski definition) is 4. The Morgan fingerprint density at radius 1 is 1.50 bits per heavy atom. The zero-order chi connectivity index (χ0) is 12.6. The molecule has 0 fully saturated rings. The summed E-state index contributed by atoms with van der Waals surface area (Å²) in [5, 5.41) is 14.9. The van der Waals surface area contributed by atoms with E-state index in [0.717, 1.165) is 0 Å². The van der Waals surface area contributed by atoms with E-state index in [1.54, 1.807) is 14.0 Å². The zero-order valence-electron chi connectivity index (χ0n) is 10.7. The van der Waals surface area contributed by atoms with Crippen molar-refractivity contribution in [2.45, 2.75) is 26.8 Å². The molecule has 0 spiro atoms. The number of hydrogen-bond donors (Lipinski definition) is 3. The molecule has 0 radical (unpaired) electrons. The Morgan fingerprint density at radius 2 is 2.12 bits per heavy atom. The molecule has 0 heterocycles. The zero-order valence-corrected chi connectivity index (χ0v) is 10.7. The lowest BCUT2D eigenvalue weighted by Crippen LogP contribution is -2.46. The minimum Gasteiger partial charge on any atom is -0.396 e. The Labute approximate surface area is 97.6 Å². The molecular formula is C11H24N2O3. The van der Waals surface area contributed by atoms with Gasteiger partial charge in [-0.3, -0.25) is 4.79 Å². The van der Waals surface area contributed by atoms with Crippen molar-refractivity contribution in [3.8, 4) is 0 Å². The highest BCUT2D eigenvalue weighted by Gasteiger charge is 2.19. The summed E-state index contributed by atoms with van der Waals surface area (Å²) in [4.78, 5) is 11.5. The van der Waals surface area contributed by atoms with Crippen molar-refractivity contribution in [2.75, 3.05) is 33.4 Å². The molecule has 1 atom stereocenters. The maximum Gasteiger partial charge on any atom is 0.236 e. The van der Waals surface area contributed by atoms with Crippen LogP contribution in [0.15, 0.2) is 0 Å². The van der Waals surface area contributed by atoms with Crippen LogP contribution in [-0.2, 0) is 9.53 Å². The van der Waals surface area contributed by atoms with Crippen LogP contribution in [0.1, 0.15) is 20.8 Å². The van der Waals surface area contributed by atoms with E-state index in [1.165, 1.54) is 0 Å². The fraction of sp³-hybridized carbons (Fsp3) is 0.909. The summed E-state index contributed by atoms with van der Waals surface area (Å²) in [6.07, 6.45) is 0. The van der Waals surface area contributed by atoms with Crippen LogP contribution in [0.25, 0.3) is 0 Å². The van der Waals surface area contributed by atoms with Gasteiger partial charge in [0.2, 0.25) is 5.91 Å². The van der Waals surface area contributed by atoms with Crippen molar-refractivity contribution in [3.63, 3.8) is 0 Å². The monoisotopic (exact) mass is 232 g/mol. The van der Waals surface area contributed by atoms with E-state index < -0.39 is 0 Å². The van der Waals surface area contributed by atoms with Gasteiger partial charge in [-0.2, -0.15) is 0 Å². The molecule has 0 saturated carbocycles. The molecule has 0 rings (SSSR count). The predicted octanol–water partition coefficient (Wildman–Crippen LogP) is -0.254. The largest absolute Gasteiger partial charge is 0.396 e. The van der Waals surface area contributed by atoms with Crippen LogP contribution in [-0.4, -0.2) is 50.5 Å². The van der Waals surface area contributed by atoms with Crippen LogP contribution in [0.3, 0.4) is 0 Å². The van der Waals surface area contributed by atoms with Gasteiger partial charge in [0.1, 0.15) is 0 Å². The summed E-state index contributed by atoms with van der Waals surface area (Å²) in [6, 6.07) is -0.261. The summed E-state index contributed by atoms with van der Waals surface area (Å²) in [5.74, 6) is -0.0502. The normalized spacial score (nSPS) is 13.6. The van der Waals surface area contributed by atoms with Crippen LogP contribution >= 0.6 is 0 Å². The first kappa shape index (κ1) is 15.3. The number of carbonyl (C=O) groups is 1. The molecule has 1 amide bonds. The van der Waals surface area contributed by atoms with Crippen molar-refractivity contribution in [3.05, 3.63) is 0 Å². The Balaban J connectivity index is 3.79. The Hall–Kier alpha value is -0.650. The van der Waals surface area contributed by atoms with Gasteiger partial charge in [-0.15, -0.1) is 0 Å². The van der Waals surface area contributed by atoms with E-state index in [2.05, 4.69) is 10.6 Å². The third-order valence-corrected chi connectivity index (χ3v) is 2.31. The number of rotatable bonds is 8. The Bertz CT molecular complexity index is 207. The van der Waals surface area contributed by atoms with Gasteiger partial charge < -0.3 is 20.5 Å². The molecule has 5 nitrogen and oxygen atoms in total. The van der Waals surface area contributed by atoms with E-state index in [-0.39, 0.29) is 24.0 Å². The summed E-state index contributed by atoms with van der Waals surface area (Å²) in [6.45, 7) is 7.41. The number of nitrogens with one attached hydrogen (secondary N) is 2. The second-order valence-electron chi connectivity index (χ2n) is 4.71. The third kappa shape index (κ3) is 6.76. The molecule has 0 aromatic rings. The van der Waals surface area contributed by atoms with Crippen LogP contribution in [0, 0.1) is 5.41 Å². The van der Waals surface area contributed by atoms with Crippen LogP contribution in [0.2, 0.25) is 0 Å². The Kier molecular flexibility index (Phi) is 7.29. The van der Waals surface area contributed by atoms with Gasteiger partial charge >= 0.3 is 0 Å². The van der Waals surface area contributed by atoms with E-state index in [9.17, 15) is 4.79 Å². The number of ether oxygens (including phenoxy) is 1. The van der Waals surface area contributed by atoms with E-state index in [0.29, 0.717) is 19.7 Å². The van der Waals surface area contributed by atoms with Gasteiger partial charge in [0.15, 0.2) is 0 Å². The van der Waals surface area contributed by atoms with Gasteiger partial charge in [-0.05, 0) is 6.92 Å². The maximum atomic E-state index is 11.5. The summed E-state index contributed by atoms with van der Waals surface area (Å²) in [5.41, 5.74) is -0.207. The predicted molar refractivity (Wildman–Crippen MR) is 63.2 cm³/mol. The number of aliphatic hydroxyl groups excluding tert-OH is 1. The SMILES string of the molecule is COCCNC(=O)C(C)NCC(C)(C)CO. The maximum absolute atomic E-state index is 11.5. The molecule has 0 aromatic heterocycles. The molecule has 1 unspecified atom stereocenters. The molecule has 0 aliphatic rings. The molecule has 0 bridgehead atoms. The summed E-state index contributed by atoms with van der Waals surface area (Å²) >= 11 is 0. The van der Waals surface area contributed by atoms with Gasteiger partial charge in [0.05, 0.1) is 12.6 Å². The van der Waals surface area contributed by atoms with Crippen molar-refractivity contribution >= 4 is 5.91 Å². The minimum absolute atomic E-state index is 0.0502. The van der Waals surface area contributed by atoms with Crippen LogP contribution in [0.4, 0.5) is 0 Å². The van der Waals surface area contributed by atoms with Gasteiger partial charge in [0.25, 0.3) is 0 Å². The molecule has 16 heavy (non-hydrogen) atoms. The lowest BCUT2D eigenvalue weighted by molar-refractivity contribution is -0.123. The summed E-state index contributed by atoms with van der Waals surface area (Å²) < 4.78 is 4.84. The highest BCUT2D eigenvalue weighted by molar-refractivity contribution is 5.81. The number of amides is 1. The average molecular weight is 232 g/mol. The van der Waals surface area contributed by atoms with E-state index in [4.69, 9.17) is 9.84 Å². The molecular weight excluding hydrogens is 208 g/mol. The molecule has 3 N–H and O–H groups in total. The minimum atomic E-state index is -0.261.